The van der Waals surface area contributed by atoms with Gasteiger partial charge in [0.2, 0.25) is 5.78 Å². The first kappa shape index (κ1) is 20.5. The lowest BCUT2D eigenvalue weighted by molar-refractivity contribution is 0.103. The Labute approximate surface area is 178 Å². The minimum absolute atomic E-state index is 0.0618. The third kappa shape index (κ3) is 4.68. The van der Waals surface area contributed by atoms with E-state index in [4.69, 9.17) is 15.2 Å². The number of nitrogen functional groups attached to an aromatic ring is 1. The van der Waals surface area contributed by atoms with Crippen LogP contribution in [0.2, 0.25) is 0 Å². The summed E-state index contributed by atoms with van der Waals surface area (Å²) >= 11 is 0. The number of carbonyl (C=O) groups is 1. The van der Waals surface area contributed by atoms with Crippen molar-refractivity contribution in [1.82, 2.24) is 19.9 Å². The van der Waals surface area contributed by atoms with E-state index in [0.717, 1.165) is 6.20 Å². The molecule has 2 aromatic heterocycles. The molecule has 0 saturated carbocycles. The number of nitrogens with zero attached hydrogens (tertiary/aromatic N) is 5. The molecule has 2 N–H and O–H groups in total. The minimum atomic E-state index is -0.675. The molecule has 9 nitrogen and oxygen atoms in total. The van der Waals surface area contributed by atoms with Crippen molar-refractivity contribution in [2.45, 2.75) is 18.9 Å². The van der Waals surface area contributed by atoms with Crippen LogP contribution < -0.4 is 20.1 Å². The molecular formula is C21H21FN6O3. The Balaban J connectivity index is 1.39. The summed E-state index contributed by atoms with van der Waals surface area (Å²) in [6.07, 6.45) is 3.64. The summed E-state index contributed by atoms with van der Waals surface area (Å²) in [5.41, 5.74) is 6.30. The molecule has 1 aromatic carbocycles. The summed E-state index contributed by atoms with van der Waals surface area (Å²) in [5.74, 6) is 0.255. The third-order valence-corrected chi connectivity index (χ3v) is 5.02. The molecule has 3 aromatic rings. The van der Waals surface area contributed by atoms with Gasteiger partial charge in [-0.25, -0.2) is 19.3 Å². The van der Waals surface area contributed by atoms with Crippen LogP contribution >= 0.6 is 0 Å². The van der Waals surface area contributed by atoms with Gasteiger partial charge in [-0.15, -0.1) is 0 Å². The van der Waals surface area contributed by atoms with Crippen LogP contribution in [0.25, 0.3) is 0 Å². The second-order valence-electron chi connectivity index (χ2n) is 7.01. The van der Waals surface area contributed by atoms with Crippen LogP contribution in [-0.2, 0) is 0 Å². The Morgan fingerprint density at radius 3 is 2.58 bits per heavy atom. The van der Waals surface area contributed by atoms with Crippen molar-refractivity contribution >= 4 is 17.4 Å². The molecule has 1 aliphatic heterocycles. The number of aromatic nitrogens is 4. The first-order valence-corrected chi connectivity index (χ1v) is 9.74. The highest BCUT2D eigenvalue weighted by Crippen LogP contribution is 2.22. The highest BCUT2D eigenvalue weighted by atomic mass is 19.1. The molecule has 4 rings (SSSR count). The van der Waals surface area contributed by atoms with Gasteiger partial charge >= 0.3 is 6.01 Å². The van der Waals surface area contributed by atoms with Crippen LogP contribution in [0.15, 0.2) is 42.9 Å². The number of benzene rings is 1. The van der Waals surface area contributed by atoms with E-state index in [2.05, 4.69) is 24.8 Å². The largest absolute Gasteiger partial charge is 0.497 e. The minimum Gasteiger partial charge on any atom is -0.497 e. The van der Waals surface area contributed by atoms with E-state index >= 15 is 0 Å². The van der Waals surface area contributed by atoms with E-state index in [1.165, 1.54) is 6.33 Å². The fourth-order valence-electron chi connectivity index (χ4n) is 3.31. The zero-order valence-corrected chi connectivity index (χ0v) is 16.9. The normalized spacial score (nSPS) is 14.3. The molecule has 3 heterocycles. The second-order valence-corrected chi connectivity index (χ2v) is 7.01. The quantitative estimate of drug-likeness (QED) is 0.595. The number of carbonyl (C=O) groups excluding carboxylic acids is 1. The number of rotatable bonds is 6. The number of halogens is 1. The zero-order valence-electron chi connectivity index (χ0n) is 16.9. The van der Waals surface area contributed by atoms with Crippen molar-refractivity contribution in [1.29, 1.82) is 0 Å². The van der Waals surface area contributed by atoms with Crippen molar-refractivity contribution in [3.05, 3.63) is 59.9 Å². The molecule has 1 aliphatic rings. The van der Waals surface area contributed by atoms with Gasteiger partial charge in [-0.3, -0.25) is 4.79 Å². The molecule has 0 unspecified atom stereocenters. The maximum atomic E-state index is 13.2. The highest BCUT2D eigenvalue weighted by Gasteiger charge is 2.23. The Morgan fingerprint density at radius 1 is 1.16 bits per heavy atom. The van der Waals surface area contributed by atoms with Crippen molar-refractivity contribution < 1.29 is 18.7 Å². The lowest BCUT2D eigenvalue weighted by atomic mass is 10.1. The smallest absolute Gasteiger partial charge is 0.318 e. The van der Waals surface area contributed by atoms with Crippen molar-refractivity contribution in [3.63, 3.8) is 0 Å². The SMILES string of the molecule is COc1ccc(C(=O)c2cc(N3CCC(Oc4ncc(F)c(N)n4)CC3)ncn2)cc1. The first-order chi connectivity index (χ1) is 15.0. The molecule has 0 bridgehead atoms. The van der Waals surface area contributed by atoms with Crippen molar-refractivity contribution in [2.75, 3.05) is 30.8 Å². The van der Waals surface area contributed by atoms with Crippen LogP contribution in [0, 0.1) is 5.82 Å². The van der Waals surface area contributed by atoms with Gasteiger partial charge < -0.3 is 20.1 Å². The van der Waals surface area contributed by atoms with Gasteiger partial charge in [0.1, 0.15) is 29.7 Å². The van der Waals surface area contributed by atoms with Crippen LogP contribution in [0.5, 0.6) is 11.8 Å². The van der Waals surface area contributed by atoms with Gasteiger partial charge in [0, 0.05) is 37.6 Å². The monoisotopic (exact) mass is 424 g/mol. The molecule has 10 heteroatoms. The summed E-state index contributed by atoms with van der Waals surface area (Å²) < 4.78 is 24.0. The average molecular weight is 424 g/mol. The highest BCUT2D eigenvalue weighted by molar-refractivity contribution is 6.08. The Hall–Kier alpha value is -3.82. The maximum absolute atomic E-state index is 13.2. The van der Waals surface area contributed by atoms with Gasteiger partial charge in [-0.1, -0.05) is 0 Å². The van der Waals surface area contributed by atoms with Gasteiger partial charge in [0.25, 0.3) is 0 Å². The van der Waals surface area contributed by atoms with Gasteiger partial charge in [0.15, 0.2) is 11.6 Å². The zero-order chi connectivity index (χ0) is 21.8. The van der Waals surface area contributed by atoms with Crippen LogP contribution in [-0.4, -0.2) is 52.0 Å². The number of hydrogen-bond donors (Lipinski definition) is 1. The van der Waals surface area contributed by atoms with E-state index in [1.807, 2.05) is 0 Å². The standard InChI is InChI=1S/C21H21FN6O3/c1-30-14-4-2-13(3-5-14)19(29)17-10-18(26-12-25-17)28-8-6-15(7-9-28)31-21-24-11-16(22)20(23)27-21/h2-5,10-12,15H,6-9H2,1H3,(H2,23,24,27). The average Bonchev–Trinajstić information content (AvgIpc) is 2.81. The summed E-state index contributed by atoms with van der Waals surface area (Å²) in [4.78, 5) is 30.9. The Kier molecular flexibility index (Phi) is 5.87. The van der Waals surface area contributed by atoms with E-state index in [0.29, 0.717) is 48.8 Å². The van der Waals surface area contributed by atoms with E-state index in [-0.39, 0.29) is 23.7 Å². The van der Waals surface area contributed by atoms with Crippen LogP contribution in [0.4, 0.5) is 16.0 Å². The number of anilines is 2. The predicted octanol–water partition coefficient (Wildman–Crippen LogP) is 2.28. The number of nitrogens with two attached hydrogens (primary N) is 1. The second kappa shape index (κ2) is 8.90. The maximum Gasteiger partial charge on any atom is 0.318 e. The van der Waals surface area contributed by atoms with Gasteiger partial charge in [-0.05, 0) is 24.3 Å². The summed E-state index contributed by atoms with van der Waals surface area (Å²) in [7, 11) is 1.57. The number of methoxy groups -OCH3 is 1. The molecule has 0 spiro atoms. The molecular weight excluding hydrogens is 403 g/mol. The lowest BCUT2D eigenvalue weighted by Crippen LogP contribution is -2.39. The molecule has 1 saturated heterocycles. The van der Waals surface area contributed by atoms with E-state index in [9.17, 15) is 9.18 Å². The summed E-state index contributed by atoms with van der Waals surface area (Å²) in [6, 6.07) is 8.63. The molecule has 1 fully saturated rings. The Morgan fingerprint density at radius 2 is 1.90 bits per heavy atom. The molecule has 31 heavy (non-hydrogen) atoms. The van der Waals surface area contributed by atoms with Crippen LogP contribution in [0.1, 0.15) is 28.9 Å². The number of hydrogen-bond acceptors (Lipinski definition) is 9. The molecule has 0 amide bonds. The number of piperidine rings is 1. The summed E-state index contributed by atoms with van der Waals surface area (Å²) in [5, 5.41) is 0. The topological polar surface area (TPSA) is 116 Å². The fraction of sp³-hybridized carbons (Fsp3) is 0.286. The lowest BCUT2D eigenvalue weighted by Gasteiger charge is -2.32. The first-order valence-electron chi connectivity index (χ1n) is 9.74. The van der Waals surface area contributed by atoms with E-state index in [1.54, 1.807) is 37.4 Å². The number of ketones is 1. The Bertz CT molecular complexity index is 1070. The van der Waals surface area contributed by atoms with Crippen molar-refractivity contribution in [3.8, 4) is 11.8 Å². The molecule has 0 atom stereocenters. The summed E-state index contributed by atoms with van der Waals surface area (Å²) in [6.45, 7) is 1.32. The predicted molar refractivity (Wildman–Crippen MR) is 111 cm³/mol. The van der Waals surface area contributed by atoms with Crippen LogP contribution in [0.3, 0.4) is 0 Å². The third-order valence-electron chi connectivity index (χ3n) is 5.02. The number of ether oxygens (including phenoxy) is 2. The molecule has 160 valence electrons. The van der Waals surface area contributed by atoms with E-state index < -0.39 is 5.82 Å². The molecule has 0 aliphatic carbocycles. The fourth-order valence-corrected chi connectivity index (χ4v) is 3.31. The van der Waals surface area contributed by atoms with Gasteiger partial charge in [-0.2, -0.15) is 4.98 Å². The van der Waals surface area contributed by atoms with Crippen molar-refractivity contribution in [2.24, 2.45) is 0 Å². The molecule has 0 radical (unpaired) electrons. The van der Waals surface area contributed by atoms with Gasteiger partial charge in [0.05, 0.1) is 13.3 Å².